The lowest BCUT2D eigenvalue weighted by molar-refractivity contribution is -0.135. The lowest BCUT2D eigenvalue weighted by Crippen LogP contribution is -2.43. The molecule has 0 aromatic carbocycles. The van der Waals surface area contributed by atoms with Crippen LogP contribution in [0.25, 0.3) is 0 Å². The van der Waals surface area contributed by atoms with Crippen LogP contribution < -0.4 is 5.32 Å². The summed E-state index contributed by atoms with van der Waals surface area (Å²) in [6, 6.07) is 0.953. The van der Waals surface area contributed by atoms with E-state index in [1.165, 1.54) is 32.1 Å². The number of likely N-dealkylation sites (tertiary alicyclic amines) is 1. The van der Waals surface area contributed by atoms with Gasteiger partial charge in [0.15, 0.2) is 0 Å². The maximum atomic E-state index is 12.7. The second-order valence-electron chi connectivity index (χ2n) is 7.21. The molecule has 1 N–H and O–H groups in total. The van der Waals surface area contributed by atoms with E-state index in [-0.39, 0.29) is 0 Å². The third-order valence-electron chi connectivity index (χ3n) is 5.58. The minimum Gasteiger partial charge on any atom is -0.335 e. The zero-order valence-corrected chi connectivity index (χ0v) is 12.4. The van der Waals surface area contributed by atoms with Gasteiger partial charge in [0.2, 0.25) is 5.91 Å². The average molecular weight is 264 g/mol. The van der Waals surface area contributed by atoms with E-state index in [1.807, 2.05) is 0 Å². The summed E-state index contributed by atoms with van der Waals surface area (Å²) in [4.78, 5) is 14.9. The molecule has 3 heteroatoms. The normalized spacial score (nSPS) is 42.4. The van der Waals surface area contributed by atoms with Gasteiger partial charge in [-0.2, -0.15) is 0 Å². The SMILES string of the molecule is CC1CCCC(CC(=O)N2[C@H](C)C[C@H]3CNC[C@H]32)C1. The Labute approximate surface area is 117 Å². The molecule has 108 valence electrons. The summed E-state index contributed by atoms with van der Waals surface area (Å²) in [5.74, 6) is 2.62. The van der Waals surface area contributed by atoms with Gasteiger partial charge in [-0.25, -0.2) is 0 Å². The fraction of sp³-hybridized carbons (Fsp3) is 0.938. The molecule has 1 amide bonds. The van der Waals surface area contributed by atoms with Gasteiger partial charge in [-0.3, -0.25) is 4.79 Å². The first-order chi connectivity index (χ1) is 9.15. The summed E-state index contributed by atoms with van der Waals surface area (Å²) in [6.45, 7) is 6.70. The number of fused-ring (bicyclic) bond motifs is 1. The van der Waals surface area contributed by atoms with E-state index in [4.69, 9.17) is 0 Å². The van der Waals surface area contributed by atoms with Crippen molar-refractivity contribution in [1.29, 1.82) is 0 Å². The molecule has 5 atom stereocenters. The van der Waals surface area contributed by atoms with Gasteiger partial charge in [0.1, 0.15) is 0 Å². The maximum absolute atomic E-state index is 12.7. The molecule has 2 aliphatic heterocycles. The maximum Gasteiger partial charge on any atom is 0.223 e. The van der Waals surface area contributed by atoms with Gasteiger partial charge in [-0.05, 0) is 43.9 Å². The minimum atomic E-state index is 0.433. The Hall–Kier alpha value is -0.570. The number of carbonyl (C=O) groups is 1. The Kier molecular flexibility index (Phi) is 3.84. The molecule has 3 rings (SSSR count). The Morgan fingerprint density at radius 3 is 2.84 bits per heavy atom. The number of hydrogen-bond acceptors (Lipinski definition) is 2. The summed E-state index contributed by atoms with van der Waals surface area (Å²) < 4.78 is 0. The predicted octanol–water partition coefficient (Wildman–Crippen LogP) is 2.41. The van der Waals surface area contributed by atoms with Gasteiger partial charge < -0.3 is 10.2 Å². The van der Waals surface area contributed by atoms with Gasteiger partial charge in [0, 0.05) is 31.6 Å². The van der Waals surface area contributed by atoms with E-state index < -0.39 is 0 Å². The Morgan fingerprint density at radius 2 is 2.05 bits per heavy atom. The zero-order valence-electron chi connectivity index (χ0n) is 12.4. The van der Waals surface area contributed by atoms with Crippen molar-refractivity contribution in [3.63, 3.8) is 0 Å². The third kappa shape index (κ3) is 2.67. The van der Waals surface area contributed by atoms with E-state index in [0.717, 1.165) is 25.4 Å². The van der Waals surface area contributed by atoms with Crippen LogP contribution in [0.4, 0.5) is 0 Å². The first-order valence-corrected chi connectivity index (χ1v) is 8.17. The molecule has 3 aliphatic rings. The first kappa shape index (κ1) is 13.4. The highest BCUT2D eigenvalue weighted by molar-refractivity contribution is 5.77. The lowest BCUT2D eigenvalue weighted by Gasteiger charge is -2.32. The van der Waals surface area contributed by atoms with Gasteiger partial charge in [0.25, 0.3) is 0 Å². The molecule has 2 saturated heterocycles. The van der Waals surface area contributed by atoms with Crippen LogP contribution >= 0.6 is 0 Å². The predicted molar refractivity (Wildman–Crippen MR) is 76.8 cm³/mol. The smallest absolute Gasteiger partial charge is 0.223 e. The first-order valence-electron chi connectivity index (χ1n) is 8.17. The van der Waals surface area contributed by atoms with Crippen LogP contribution in [0.1, 0.15) is 52.4 Å². The summed E-state index contributed by atoms with van der Waals surface area (Å²) in [5, 5.41) is 3.45. The van der Waals surface area contributed by atoms with Crippen molar-refractivity contribution in [3.8, 4) is 0 Å². The molecule has 0 spiro atoms. The highest BCUT2D eigenvalue weighted by Crippen LogP contribution is 2.35. The molecular formula is C16H28N2O. The molecule has 2 heterocycles. The average Bonchev–Trinajstić information content (AvgIpc) is 2.88. The molecule has 3 nitrogen and oxygen atoms in total. The molecule has 0 aromatic heterocycles. The molecule has 1 saturated carbocycles. The van der Waals surface area contributed by atoms with Crippen molar-refractivity contribution < 1.29 is 4.79 Å². The highest BCUT2D eigenvalue weighted by Gasteiger charge is 2.44. The third-order valence-corrected chi connectivity index (χ3v) is 5.58. The van der Waals surface area contributed by atoms with E-state index in [9.17, 15) is 4.79 Å². The summed E-state index contributed by atoms with van der Waals surface area (Å²) in [7, 11) is 0. The minimum absolute atomic E-state index is 0.433. The molecule has 2 unspecified atom stereocenters. The van der Waals surface area contributed by atoms with Crippen molar-refractivity contribution in [3.05, 3.63) is 0 Å². The fourth-order valence-electron chi connectivity index (χ4n) is 4.69. The molecule has 0 aromatic rings. The lowest BCUT2D eigenvalue weighted by atomic mass is 9.80. The second-order valence-corrected chi connectivity index (χ2v) is 7.21. The van der Waals surface area contributed by atoms with Crippen LogP contribution in [-0.2, 0) is 4.79 Å². The van der Waals surface area contributed by atoms with E-state index >= 15 is 0 Å². The number of carbonyl (C=O) groups excluding carboxylic acids is 1. The van der Waals surface area contributed by atoms with Gasteiger partial charge in [0.05, 0.1) is 0 Å². The van der Waals surface area contributed by atoms with Crippen LogP contribution in [0.15, 0.2) is 0 Å². The largest absolute Gasteiger partial charge is 0.335 e. The van der Waals surface area contributed by atoms with Crippen LogP contribution in [-0.4, -0.2) is 36.0 Å². The number of hydrogen-bond donors (Lipinski definition) is 1. The highest BCUT2D eigenvalue weighted by atomic mass is 16.2. The Bertz CT molecular complexity index is 344. The molecule has 3 fully saturated rings. The van der Waals surface area contributed by atoms with Crippen LogP contribution in [0.2, 0.25) is 0 Å². The van der Waals surface area contributed by atoms with Crippen molar-refractivity contribution in [2.45, 2.75) is 64.5 Å². The second kappa shape index (κ2) is 5.43. The van der Waals surface area contributed by atoms with Crippen LogP contribution in [0.5, 0.6) is 0 Å². The van der Waals surface area contributed by atoms with Crippen molar-refractivity contribution in [2.24, 2.45) is 17.8 Å². The van der Waals surface area contributed by atoms with E-state index in [2.05, 4.69) is 24.1 Å². The topological polar surface area (TPSA) is 32.3 Å². The molecule has 0 radical (unpaired) electrons. The van der Waals surface area contributed by atoms with Gasteiger partial charge in [-0.15, -0.1) is 0 Å². The number of nitrogens with one attached hydrogen (secondary N) is 1. The quantitative estimate of drug-likeness (QED) is 0.830. The summed E-state index contributed by atoms with van der Waals surface area (Å²) in [5.41, 5.74) is 0. The number of rotatable bonds is 2. The van der Waals surface area contributed by atoms with Gasteiger partial charge >= 0.3 is 0 Å². The molecular weight excluding hydrogens is 236 g/mol. The Morgan fingerprint density at radius 1 is 1.21 bits per heavy atom. The van der Waals surface area contributed by atoms with Crippen molar-refractivity contribution >= 4 is 5.91 Å². The van der Waals surface area contributed by atoms with Gasteiger partial charge in [-0.1, -0.05) is 19.8 Å². The molecule has 0 bridgehead atoms. The van der Waals surface area contributed by atoms with Crippen molar-refractivity contribution in [2.75, 3.05) is 13.1 Å². The Balaban J connectivity index is 1.60. The fourth-order valence-corrected chi connectivity index (χ4v) is 4.69. The number of nitrogens with zero attached hydrogens (tertiary/aromatic N) is 1. The molecule has 19 heavy (non-hydrogen) atoms. The number of amides is 1. The molecule has 1 aliphatic carbocycles. The summed E-state index contributed by atoms with van der Waals surface area (Å²) in [6.07, 6.45) is 7.22. The van der Waals surface area contributed by atoms with E-state index in [0.29, 0.717) is 29.8 Å². The van der Waals surface area contributed by atoms with Crippen LogP contribution in [0, 0.1) is 17.8 Å². The standard InChI is InChI=1S/C16H28N2O/c1-11-4-3-5-13(6-11)8-16(19)18-12(2)7-14-9-17-10-15(14)18/h11-15,17H,3-10H2,1-2H3/t11?,12-,13?,14+,15-/m1/s1. The summed E-state index contributed by atoms with van der Waals surface area (Å²) >= 11 is 0. The van der Waals surface area contributed by atoms with Crippen LogP contribution in [0.3, 0.4) is 0 Å². The zero-order chi connectivity index (χ0) is 13.4. The van der Waals surface area contributed by atoms with E-state index in [1.54, 1.807) is 0 Å². The van der Waals surface area contributed by atoms with Crippen molar-refractivity contribution in [1.82, 2.24) is 10.2 Å². The monoisotopic (exact) mass is 264 g/mol.